The van der Waals surface area contributed by atoms with E-state index in [2.05, 4.69) is 15.2 Å². The lowest BCUT2D eigenvalue weighted by molar-refractivity contribution is -0.742. The molecule has 1 aromatic carbocycles. The average molecular weight is 249 g/mol. The van der Waals surface area contributed by atoms with Gasteiger partial charge in [-0.15, -0.1) is 15.2 Å². The lowest BCUT2D eigenvalue weighted by atomic mass is 10.2. The number of nitrogens with two attached hydrogens (primary N) is 1. The van der Waals surface area contributed by atoms with E-state index in [4.69, 9.17) is 21.1 Å². The Labute approximate surface area is 102 Å². The van der Waals surface area contributed by atoms with Crippen molar-refractivity contribution in [3.8, 4) is 0 Å². The van der Waals surface area contributed by atoms with Crippen molar-refractivity contribution in [2.45, 2.75) is 0 Å². The third kappa shape index (κ3) is 5.26. The zero-order valence-corrected chi connectivity index (χ0v) is 9.22. The highest BCUT2D eigenvalue weighted by Crippen LogP contribution is 2.04. The summed E-state index contributed by atoms with van der Waals surface area (Å²) in [7, 11) is 0. The largest absolute Gasteiger partial charge is 0.366 e. The Hall–Kier alpha value is -2.90. The van der Waals surface area contributed by atoms with Crippen molar-refractivity contribution in [3.05, 3.63) is 51.8 Å². The molecule has 0 spiro atoms. The van der Waals surface area contributed by atoms with Crippen LogP contribution in [0.2, 0.25) is 0 Å². The molecule has 0 unspecified atom stereocenters. The molecule has 0 saturated carbocycles. The molecule has 0 saturated heterocycles. The molecule has 2 aromatic rings. The molecular formula is C10H11N5O3. The molecule has 0 aliphatic carbocycles. The van der Waals surface area contributed by atoms with Gasteiger partial charge in [-0.1, -0.05) is 36.4 Å². The van der Waals surface area contributed by atoms with Crippen LogP contribution in [0.15, 0.2) is 30.3 Å². The number of nitrogens with one attached hydrogen (secondary N) is 1. The fraction of sp³-hybridized carbons (Fsp3) is 0. The van der Waals surface area contributed by atoms with Gasteiger partial charge in [-0.3, -0.25) is 5.10 Å². The smallest absolute Gasteiger partial charge is 0.291 e. The zero-order chi connectivity index (χ0) is 13.4. The maximum absolute atomic E-state index is 8.36. The molecule has 1 aromatic heterocycles. The van der Waals surface area contributed by atoms with Crippen molar-refractivity contribution >= 4 is 18.1 Å². The molecule has 0 bridgehead atoms. The molecule has 4 N–H and O–H groups in total. The number of nitrogens with zero attached hydrogens (tertiary/aromatic N) is 3. The minimum absolute atomic E-state index is 0.262. The van der Waals surface area contributed by atoms with Crippen LogP contribution in [-0.4, -0.2) is 25.5 Å². The van der Waals surface area contributed by atoms with Crippen molar-refractivity contribution in [3.63, 3.8) is 0 Å². The highest BCUT2D eigenvalue weighted by Gasteiger charge is 1.92. The first kappa shape index (κ1) is 13.2. The summed E-state index contributed by atoms with van der Waals surface area (Å²) in [6.07, 6.45) is 3.78. The number of anilines is 1. The van der Waals surface area contributed by atoms with E-state index in [-0.39, 0.29) is 5.95 Å². The second-order valence-corrected chi connectivity index (χ2v) is 3.06. The zero-order valence-electron chi connectivity index (χ0n) is 9.22. The van der Waals surface area contributed by atoms with E-state index < -0.39 is 5.09 Å². The first-order valence-corrected chi connectivity index (χ1v) is 4.82. The van der Waals surface area contributed by atoms with Gasteiger partial charge in [-0.2, -0.15) is 4.98 Å². The fourth-order valence-corrected chi connectivity index (χ4v) is 1.10. The van der Waals surface area contributed by atoms with Crippen molar-refractivity contribution in [2.24, 2.45) is 0 Å². The van der Waals surface area contributed by atoms with Gasteiger partial charge < -0.3 is 10.9 Å². The Balaban J connectivity index is 0.000000357. The summed E-state index contributed by atoms with van der Waals surface area (Å²) in [4.78, 5) is 12.3. The number of nitrogen functional groups attached to an aromatic ring is 1. The summed E-state index contributed by atoms with van der Waals surface area (Å²) in [6.45, 7) is 0. The van der Waals surface area contributed by atoms with Crippen LogP contribution >= 0.6 is 0 Å². The van der Waals surface area contributed by atoms with Gasteiger partial charge in [0.15, 0.2) is 0 Å². The Morgan fingerprint density at radius 2 is 1.94 bits per heavy atom. The van der Waals surface area contributed by atoms with Crippen molar-refractivity contribution in [1.82, 2.24) is 15.2 Å². The van der Waals surface area contributed by atoms with E-state index in [1.54, 1.807) is 0 Å². The predicted octanol–water partition coefficient (Wildman–Crippen LogP) is 1.21. The van der Waals surface area contributed by atoms with Crippen molar-refractivity contribution < 1.29 is 10.3 Å². The highest BCUT2D eigenvalue weighted by molar-refractivity contribution is 5.66. The topological polar surface area (TPSA) is 131 Å². The first-order valence-electron chi connectivity index (χ1n) is 4.82. The van der Waals surface area contributed by atoms with Crippen LogP contribution in [0.5, 0.6) is 0 Å². The van der Waals surface area contributed by atoms with Crippen LogP contribution in [0.25, 0.3) is 12.2 Å². The summed E-state index contributed by atoms with van der Waals surface area (Å²) < 4.78 is 0. The molecule has 0 aliphatic rings. The fourth-order valence-electron chi connectivity index (χ4n) is 1.10. The Morgan fingerprint density at radius 1 is 1.33 bits per heavy atom. The molecule has 0 amide bonds. The standard InChI is InChI=1S/C10H10N4.HNO3/c11-10-12-9(13-14-10)7-6-8-4-2-1-3-5-8;2-1(3)4/h1-7H,(H3,11,12,13,14);(H,2,3,4)/b7-6+;. The van der Waals surface area contributed by atoms with Gasteiger partial charge in [0.2, 0.25) is 5.95 Å². The van der Waals surface area contributed by atoms with Crippen LogP contribution < -0.4 is 5.73 Å². The molecule has 0 radical (unpaired) electrons. The summed E-state index contributed by atoms with van der Waals surface area (Å²) in [6, 6.07) is 9.96. The second-order valence-electron chi connectivity index (χ2n) is 3.06. The quantitative estimate of drug-likeness (QED) is 0.541. The van der Waals surface area contributed by atoms with E-state index in [1.807, 2.05) is 42.5 Å². The number of benzene rings is 1. The van der Waals surface area contributed by atoms with E-state index in [0.29, 0.717) is 5.82 Å². The van der Waals surface area contributed by atoms with E-state index in [0.717, 1.165) is 5.56 Å². The monoisotopic (exact) mass is 249 g/mol. The minimum Gasteiger partial charge on any atom is -0.366 e. The molecule has 94 valence electrons. The third-order valence-electron chi connectivity index (χ3n) is 1.75. The maximum atomic E-state index is 8.36. The Morgan fingerprint density at radius 3 is 2.44 bits per heavy atom. The lowest BCUT2D eigenvalue weighted by Crippen LogP contribution is -1.85. The van der Waals surface area contributed by atoms with Crippen LogP contribution in [0.4, 0.5) is 5.95 Å². The predicted molar refractivity (Wildman–Crippen MR) is 64.9 cm³/mol. The lowest BCUT2D eigenvalue weighted by Gasteiger charge is -1.88. The van der Waals surface area contributed by atoms with Crippen molar-refractivity contribution in [2.75, 3.05) is 5.73 Å². The Bertz CT molecular complexity index is 519. The van der Waals surface area contributed by atoms with Crippen LogP contribution in [0.1, 0.15) is 11.4 Å². The van der Waals surface area contributed by atoms with E-state index in [9.17, 15) is 0 Å². The maximum Gasteiger partial charge on any atom is 0.291 e. The Kier molecular flexibility index (Phi) is 4.85. The molecule has 8 heteroatoms. The van der Waals surface area contributed by atoms with Crippen LogP contribution in [-0.2, 0) is 0 Å². The molecule has 0 atom stereocenters. The number of hydrogen-bond donors (Lipinski definition) is 3. The van der Waals surface area contributed by atoms with Gasteiger partial charge in [0.1, 0.15) is 5.82 Å². The molecule has 0 fully saturated rings. The van der Waals surface area contributed by atoms with E-state index in [1.165, 1.54) is 0 Å². The normalized spacial score (nSPS) is 9.78. The number of aromatic nitrogens is 3. The summed E-state index contributed by atoms with van der Waals surface area (Å²) in [5, 5.41) is 20.1. The van der Waals surface area contributed by atoms with Gasteiger partial charge in [0.05, 0.1) is 0 Å². The highest BCUT2D eigenvalue weighted by atomic mass is 16.9. The molecule has 1 heterocycles. The van der Waals surface area contributed by atoms with Crippen LogP contribution in [0, 0.1) is 10.1 Å². The number of rotatable bonds is 2. The summed E-state index contributed by atoms with van der Waals surface area (Å²) in [5.74, 6) is 0.920. The van der Waals surface area contributed by atoms with E-state index >= 15 is 0 Å². The molecule has 8 nitrogen and oxygen atoms in total. The molecule has 18 heavy (non-hydrogen) atoms. The average Bonchev–Trinajstić information content (AvgIpc) is 2.73. The molecule has 0 aliphatic heterocycles. The first-order chi connectivity index (χ1) is 8.58. The summed E-state index contributed by atoms with van der Waals surface area (Å²) >= 11 is 0. The molecular weight excluding hydrogens is 238 g/mol. The summed E-state index contributed by atoms with van der Waals surface area (Å²) in [5.41, 5.74) is 6.47. The minimum atomic E-state index is -1.50. The third-order valence-corrected chi connectivity index (χ3v) is 1.75. The van der Waals surface area contributed by atoms with Crippen molar-refractivity contribution in [1.29, 1.82) is 0 Å². The SMILES string of the molecule is Nc1n[nH]c(/C=C/c2ccccc2)n1.O=[N+]([O-])O. The van der Waals surface area contributed by atoms with Crippen LogP contribution in [0.3, 0.4) is 0 Å². The molecule has 2 rings (SSSR count). The van der Waals surface area contributed by atoms with Gasteiger partial charge in [-0.05, 0) is 11.6 Å². The van der Waals surface area contributed by atoms with Gasteiger partial charge in [0.25, 0.3) is 5.09 Å². The van der Waals surface area contributed by atoms with Gasteiger partial charge in [0, 0.05) is 0 Å². The number of hydrogen-bond acceptors (Lipinski definition) is 5. The number of H-pyrrole nitrogens is 1. The van der Waals surface area contributed by atoms with Gasteiger partial charge >= 0.3 is 0 Å². The second kappa shape index (κ2) is 6.63. The number of aromatic amines is 1. The van der Waals surface area contributed by atoms with Gasteiger partial charge in [-0.25, -0.2) is 0 Å².